The van der Waals surface area contributed by atoms with Crippen molar-refractivity contribution in [1.82, 2.24) is 4.98 Å². The first-order valence-corrected chi connectivity index (χ1v) is 6.28. The highest BCUT2D eigenvalue weighted by Gasteiger charge is 2.15. The van der Waals surface area contributed by atoms with E-state index in [0.29, 0.717) is 21.7 Å². The Bertz CT molecular complexity index is 748. The SMILES string of the molecule is O=C(c1ccccc1)c1nccc2cccc(Cl)c12. The van der Waals surface area contributed by atoms with E-state index in [1.807, 2.05) is 36.4 Å². The van der Waals surface area contributed by atoms with Crippen LogP contribution in [0.3, 0.4) is 0 Å². The Labute approximate surface area is 115 Å². The number of nitrogens with zero attached hydrogens (tertiary/aromatic N) is 1. The van der Waals surface area contributed by atoms with Gasteiger partial charge in [0.1, 0.15) is 5.69 Å². The van der Waals surface area contributed by atoms with Crippen molar-refractivity contribution in [3.63, 3.8) is 0 Å². The van der Waals surface area contributed by atoms with Crippen molar-refractivity contribution in [3.8, 4) is 0 Å². The van der Waals surface area contributed by atoms with Gasteiger partial charge in [-0.1, -0.05) is 54.1 Å². The first-order chi connectivity index (χ1) is 9.27. The predicted molar refractivity (Wildman–Crippen MR) is 76.6 cm³/mol. The molecule has 2 nitrogen and oxygen atoms in total. The second kappa shape index (κ2) is 4.82. The number of benzene rings is 2. The third kappa shape index (κ3) is 2.11. The van der Waals surface area contributed by atoms with Crippen LogP contribution in [-0.4, -0.2) is 10.8 Å². The zero-order valence-electron chi connectivity index (χ0n) is 10.0. The maximum atomic E-state index is 12.5. The summed E-state index contributed by atoms with van der Waals surface area (Å²) in [5.74, 6) is -0.112. The highest BCUT2D eigenvalue weighted by Crippen LogP contribution is 2.26. The summed E-state index contributed by atoms with van der Waals surface area (Å²) < 4.78 is 0. The Kier molecular flexibility index (Phi) is 3.02. The number of rotatable bonds is 2. The third-order valence-electron chi connectivity index (χ3n) is 2.99. The molecule has 0 spiro atoms. The minimum Gasteiger partial charge on any atom is -0.287 e. The summed E-state index contributed by atoms with van der Waals surface area (Å²) >= 11 is 6.20. The van der Waals surface area contributed by atoms with E-state index in [1.165, 1.54) is 0 Å². The van der Waals surface area contributed by atoms with Gasteiger partial charge >= 0.3 is 0 Å². The predicted octanol–water partition coefficient (Wildman–Crippen LogP) is 4.12. The van der Waals surface area contributed by atoms with Gasteiger partial charge < -0.3 is 0 Å². The molecular weight excluding hydrogens is 258 g/mol. The van der Waals surface area contributed by atoms with E-state index < -0.39 is 0 Å². The molecule has 0 radical (unpaired) electrons. The van der Waals surface area contributed by atoms with Crippen molar-refractivity contribution >= 4 is 28.2 Å². The van der Waals surface area contributed by atoms with Gasteiger partial charge in [-0.25, -0.2) is 0 Å². The number of ketones is 1. The zero-order valence-corrected chi connectivity index (χ0v) is 10.8. The molecule has 0 unspecified atom stereocenters. The van der Waals surface area contributed by atoms with Crippen LogP contribution in [0.4, 0.5) is 0 Å². The van der Waals surface area contributed by atoms with Crippen molar-refractivity contribution in [2.75, 3.05) is 0 Å². The summed E-state index contributed by atoms with van der Waals surface area (Å²) in [7, 11) is 0. The summed E-state index contributed by atoms with van der Waals surface area (Å²) in [6.07, 6.45) is 1.63. The molecule has 0 aliphatic rings. The van der Waals surface area contributed by atoms with Crippen LogP contribution in [0.5, 0.6) is 0 Å². The Hall–Kier alpha value is -2.19. The minimum absolute atomic E-state index is 0.112. The van der Waals surface area contributed by atoms with E-state index in [2.05, 4.69) is 4.98 Å². The molecule has 92 valence electrons. The van der Waals surface area contributed by atoms with Gasteiger partial charge in [0.05, 0.1) is 5.02 Å². The molecule has 19 heavy (non-hydrogen) atoms. The van der Waals surface area contributed by atoms with Crippen molar-refractivity contribution < 1.29 is 4.79 Å². The van der Waals surface area contributed by atoms with Gasteiger partial charge in [-0.05, 0) is 17.5 Å². The van der Waals surface area contributed by atoms with Crippen LogP contribution in [0.1, 0.15) is 16.1 Å². The summed E-state index contributed by atoms with van der Waals surface area (Å²) in [5.41, 5.74) is 1.01. The normalized spacial score (nSPS) is 10.6. The molecule has 0 saturated carbocycles. The molecule has 2 aromatic carbocycles. The number of hydrogen-bond acceptors (Lipinski definition) is 2. The molecule has 3 heteroatoms. The fourth-order valence-corrected chi connectivity index (χ4v) is 2.36. The van der Waals surface area contributed by atoms with Crippen LogP contribution in [0.25, 0.3) is 10.8 Å². The highest BCUT2D eigenvalue weighted by atomic mass is 35.5. The second-order valence-corrected chi connectivity index (χ2v) is 4.60. The molecule has 3 aromatic rings. The average Bonchev–Trinajstić information content (AvgIpc) is 2.47. The lowest BCUT2D eigenvalue weighted by atomic mass is 10.0. The molecule has 0 N–H and O–H groups in total. The lowest BCUT2D eigenvalue weighted by Gasteiger charge is -2.06. The molecule has 0 aliphatic heterocycles. The molecule has 0 amide bonds. The quantitative estimate of drug-likeness (QED) is 0.654. The van der Waals surface area contributed by atoms with Crippen LogP contribution >= 0.6 is 11.6 Å². The molecule has 0 bridgehead atoms. The Morgan fingerprint density at radius 1 is 0.947 bits per heavy atom. The van der Waals surface area contributed by atoms with E-state index >= 15 is 0 Å². The fourth-order valence-electron chi connectivity index (χ4n) is 2.08. The van der Waals surface area contributed by atoms with E-state index in [4.69, 9.17) is 11.6 Å². The minimum atomic E-state index is -0.112. The Balaban J connectivity index is 2.24. The highest BCUT2D eigenvalue weighted by molar-refractivity contribution is 6.37. The number of aromatic nitrogens is 1. The van der Waals surface area contributed by atoms with Gasteiger partial charge in [-0.3, -0.25) is 9.78 Å². The topological polar surface area (TPSA) is 30.0 Å². The Morgan fingerprint density at radius 2 is 1.74 bits per heavy atom. The molecule has 0 fully saturated rings. The van der Waals surface area contributed by atoms with Crippen molar-refractivity contribution in [2.45, 2.75) is 0 Å². The van der Waals surface area contributed by atoms with Crippen molar-refractivity contribution in [2.24, 2.45) is 0 Å². The first kappa shape index (κ1) is 11.9. The number of hydrogen-bond donors (Lipinski definition) is 0. The zero-order chi connectivity index (χ0) is 13.2. The first-order valence-electron chi connectivity index (χ1n) is 5.90. The summed E-state index contributed by atoms with van der Waals surface area (Å²) in [5, 5.41) is 2.17. The average molecular weight is 268 g/mol. The van der Waals surface area contributed by atoms with Crippen LogP contribution in [-0.2, 0) is 0 Å². The molecule has 1 aromatic heterocycles. The van der Waals surface area contributed by atoms with Gasteiger partial charge in [0.25, 0.3) is 0 Å². The molecule has 0 atom stereocenters. The number of halogens is 1. The van der Waals surface area contributed by atoms with Crippen LogP contribution in [0, 0.1) is 0 Å². The number of fused-ring (bicyclic) bond motifs is 1. The summed E-state index contributed by atoms with van der Waals surface area (Å²) in [6.45, 7) is 0. The van der Waals surface area contributed by atoms with E-state index in [0.717, 1.165) is 5.39 Å². The number of carbonyl (C=O) groups excluding carboxylic acids is 1. The molecule has 1 heterocycles. The van der Waals surface area contributed by atoms with Crippen LogP contribution in [0.15, 0.2) is 60.8 Å². The van der Waals surface area contributed by atoms with E-state index in [9.17, 15) is 4.79 Å². The maximum Gasteiger partial charge on any atom is 0.212 e. The number of pyridine rings is 1. The summed E-state index contributed by atoms with van der Waals surface area (Å²) in [4.78, 5) is 16.7. The van der Waals surface area contributed by atoms with Gasteiger partial charge in [-0.15, -0.1) is 0 Å². The van der Waals surface area contributed by atoms with E-state index in [-0.39, 0.29) is 5.78 Å². The van der Waals surface area contributed by atoms with Gasteiger partial charge in [0, 0.05) is 17.1 Å². The third-order valence-corrected chi connectivity index (χ3v) is 3.31. The van der Waals surface area contributed by atoms with Crippen molar-refractivity contribution in [3.05, 3.63) is 77.1 Å². The second-order valence-electron chi connectivity index (χ2n) is 4.19. The monoisotopic (exact) mass is 267 g/mol. The molecule has 0 aliphatic carbocycles. The maximum absolute atomic E-state index is 12.5. The molecule has 0 saturated heterocycles. The standard InChI is InChI=1S/C16H10ClNO/c17-13-8-4-7-11-9-10-18-15(14(11)13)16(19)12-5-2-1-3-6-12/h1-10H. The number of carbonyl (C=O) groups is 1. The Morgan fingerprint density at radius 3 is 2.53 bits per heavy atom. The fraction of sp³-hybridized carbons (Fsp3) is 0. The van der Waals surface area contributed by atoms with Crippen LogP contribution in [0.2, 0.25) is 5.02 Å². The molecule has 3 rings (SSSR count). The van der Waals surface area contributed by atoms with E-state index in [1.54, 1.807) is 24.4 Å². The largest absolute Gasteiger partial charge is 0.287 e. The smallest absolute Gasteiger partial charge is 0.212 e. The van der Waals surface area contributed by atoms with Crippen molar-refractivity contribution in [1.29, 1.82) is 0 Å². The lowest BCUT2D eigenvalue weighted by molar-refractivity contribution is 0.103. The van der Waals surface area contributed by atoms with Crippen LogP contribution < -0.4 is 0 Å². The van der Waals surface area contributed by atoms with Gasteiger partial charge in [0.2, 0.25) is 5.78 Å². The van der Waals surface area contributed by atoms with Gasteiger partial charge in [-0.2, -0.15) is 0 Å². The lowest BCUT2D eigenvalue weighted by Crippen LogP contribution is -2.04. The van der Waals surface area contributed by atoms with Gasteiger partial charge in [0.15, 0.2) is 0 Å². The molecular formula is C16H10ClNO. The summed E-state index contributed by atoms with van der Waals surface area (Å²) in [6, 6.07) is 16.5.